The highest BCUT2D eigenvalue weighted by molar-refractivity contribution is 9.10. The van der Waals surface area contributed by atoms with Crippen molar-refractivity contribution in [3.8, 4) is 5.82 Å². The fraction of sp³-hybridized carbons (Fsp3) is 0. The lowest BCUT2D eigenvalue weighted by atomic mass is 10.7. The molecule has 11 heavy (non-hydrogen) atoms. The molecule has 2 heterocycles. The van der Waals surface area contributed by atoms with Crippen LogP contribution in [0.3, 0.4) is 0 Å². The molecule has 0 amide bonds. The van der Waals surface area contributed by atoms with E-state index in [1.165, 1.54) is 11.3 Å². The van der Waals surface area contributed by atoms with E-state index in [1.54, 1.807) is 16.4 Å². The van der Waals surface area contributed by atoms with Gasteiger partial charge >= 0.3 is 0 Å². The molecule has 0 aliphatic heterocycles. The zero-order valence-electron chi connectivity index (χ0n) is 5.31. The minimum Gasteiger partial charge on any atom is -0.225 e. The maximum absolute atomic E-state index is 4.06. The van der Waals surface area contributed by atoms with Crippen LogP contribution in [0.15, 0.2) is 21.7 Å². The number of nitrogens with zero attached hydrogens (tertiary/aromatic N) is 4. The van der Waals surface area contributed by atoms with Gasteiger partial charge in [0.2, 0.25) is 0 Å². The molecule has 0 aliphatic rings. The first-order valence-corrected chi connectivity index (χ1v) is 4.56. The Balaban J connectivity index is 2.45. The van der Waals surface area contributed by atoms with Crippen LogP contribution in [0, 0.1) is 0 Å². The third-order valence-electron chi connectivity index (χ3n) is 1.12. The van der Waals surface area contributed by atoms with E-state index in [1.807, 2.05) is 5.38 Å². The average molecular weight is 231 g/mol. The molecule has 4 nitrogen and oxygen atoms in total. The molecule has 0 radical (unpaired) electrons. The number of hydrogen-bond donors (Lipinski definition) is 0. The normalized spacial score (nSPS) is 10.3. The molecule has 0 atom stereocenters. The minimum atomic E-state index is 0.713. The second kappa shape index (κ2) is 2.71. The Bertz CT molecular complexity index is 341. The van der Waals surface area contributed by atoms with Gasteiger partial charge in [0.15, 0.2) is 5.82 Å². The molecule has 0 unspecified atom stereocenters. The van der Waals surface area contributed by atoms with Gasteiger partial charge in [0.05, 0.1) is 11.7 Å². The Morgan fingerprint density at radius 3 is 3.00 bits per heavy atom. The molecule has 6 heteroatoms. The molecule has 0 aromatic carbocycles. The second-order valence-electron chi connectivity index (χ2n) is 1.83. The SMILES string of the molecule is Brc1cn(-c2cscn2)nn1. The summed E-state index contributed by atoms with van der Waals surface area (Å²) in [7, 11) is 0. The van der Waals surface area contributed by atoms with Gasteiger partial charge in [0.25, 0.3) is 0 Å². The van der Waals surface area contributed by atoms with Crippen LogP contribution in [0.4, 0.5) is 0 Å². The molecule has 0 aliphatic carbocycles. The molecule has 56 valence electrons. The Labute approximate surface area is 75.0 Å². The Morgan fingerprint density at radius 1 is 1.55 bits per heavy atom. The first-order valence-electron chi connectivity index (χ1n) is 2.82. The first-order chi connectivity index (χ1) is 5.36. The van der Waals surface area contributed by atoms with Gasteiger partial charge in [-0.1, -0.05) is 5.21 Å². The summed E-state index contributed by atoms with van der Waals surface area (Å²) in [6.45, 7) is 0. The van der Waals surface area contributed by atoms with Crippen LogP contribution in [-0.4, -0.2) is 20.0 Å². The number of hydrogen-bond acceptors (Lipinski definition) is 4. The second-order valence-corrected chi connectivity index (χ2v) is 3.36. The monoisotopic (exact) mass is 230 g/mol. The zero-order chi connectivity index (χ0) is 7.68. The molecule has 2 aromatic rings. The number of halogens is 1. The van der Waals surface area contributed by atoms with Crippen molar-refractivity contribution in [1.29, 1.82) is 0 Å². The Kier molecular flexibility index (Phi) is 1.71. The van der Waals surface area contributed by atoms with Gasteiger partial charge < -0.3 is 0 Å². The molecule has 2 aromatic heterocycles. The van der Waals surface area contributed by atoms with Gasteiger partial charge in [-0.2, -0.15) is 0 Å². The molecule has 0 saturated carbocycles. The maximum atomic E-state index is 4.06. The molecule has 0 fully saturated rings. The fourth-order valence-electron chi connectivity index (χ4n) is 0.675. The van der Waals surface area contributed by atoms with E-state index in [0.717, 1.165) is 5.82 Å². The van der Waals surface area contributed by atoms with E-state index in [-0.39, 0.29) is 0 Å². The summed E-state index contributed by atoms with van der Waals surface area (Å²) in [4.78, 5) is 4.06. The molecule has 0 spiro atoms. The van der Waals surface area contributed by atoms with Crippen LogP contribution in [0.25, 0.3) is 5.82 Å². The fourth-order valence-corrected chi connectivity index (χ4v) is 1.46. The molecule has 0 N–H and O–H groups in total. The van der Waals surface area contributed by atoms with Crippen LogP contribution in [0.2, 0.25) is 0 Å². The van der Waals surface area contributed by atoms with Gasteiger partial charge in [-0.3, -0.25) is 0 Å². The van der Waals surface area contributed by atoms with Gasteiger partial charge in [-0.05, 0) is 15.9 Å². The van der Waals surface area contributed by atoms with Crippen molar-refractivity contribution >= 4 is 27.3 Å². The van der Waals surface area contributed by atoms with Gasteiger partial charge in [-0.25, -0.2) is 9.67 Å². The van der Waals surface area contributed by atoms with Crippen molar-refractivity contribution in [2.24, 2.45) is 0 Å². The lowest BCUT2D eigenvalue weighted by molar-refractivity contribution is 0.785. The topological polar surface area (TPSA) is 43.6 Å². The Morgan fingerprint density at radius 2 is 2.45 bits per heavy atom. The molecular formula is C5H3BrN4S. The van der Waals surface area contributed by atoms with Crippen LogP contribution in [0.1, 0.15) is 0 Å². The van der Waals surface area contributed by atoms with Crippen molar-refractivity contribution in [2.75, 3.05) is 0 Å². The summed E-state index contributed by atoms with van der Waals surface area (Å²) in [5, 5.41) is 9.49. The molecule has 0 saturated heterocycles. The van der Waals surface area contributed by atoms with Crippen LogP contribution in [-0.2, 0) is 0 Å². The van der Waals surface area contributed by atoms with Gasteiger partial charge in [0.1, 0.15) is 4.60 Å². The highest BCUT2D eigenvalue weighted by atomic mass is 79.9. The summed E-state index contributed by atoms with van der Waals surface area (Å²) in [5.41, 5.74) is 1.75. The maximum Gasteiger partial charge on any atom is 0.165 e. The van der Waals surface area contributed by atoms with Crippen molar-refractivity contribution in [2.45, 2.75) is 0 Å². The van der Waals surface area contributed by atoms with Crippen molar-refractivity contribution in [3.63, 3.8) is 0 Å². The first kappa shape index (κ1) is 6.93. The van der Waals surface area contributed by atoms with E-state index >= 15 is 0 Å². The van der Waals surface area contributed by atoms with E-state index in [9.17, 15) is 0 Å². The zero-order valence-corrected chi connectivity index (χ0v) is 7.71. The largest absolute Gasteiger partial charge is 0.225 e. The number of aromatic nitrogens is 4. The summed E-state index contributed by atoms with van der Waals surface area (Å²) in [6.07, 6.45) is 1.76. The number of thiazole rings is 1. The molecule has 0 bridgehead atoms. The van der Waals surface area contributed by atoms with Crippen molar-refractivity contribution in [1.82, 2.24) is 20.0 Å². The quantitative estimate of drug-likeness (QED) is 0.746. The van der Waals surface area contributed by atoms with E-state index in [2.05, 4.69) is 31.2 Å². The predicted octanol–water partition coefficient (Wildman–Crippen LogP) is 1.49. The lowest BCUT2D eigenvalue weighted by Gasteiger charge is -1.88. The minimum absolute atomic E-state index is 0.713. The third-order valence-corrected chi connectivity index (χ3v) is 2.06. The average Bonchev–Trinajstić information content (AvgIpc) is 2.55. The highest BCUT2D eigenvalue weighted by Gasteiger charge is 1.99. The Hall–Kier alpha value is -0.750. The highest BCUT2D eigenvalue weighted by Crippen LogP contribution is 2.09. The van der Waals surface area contributed by atoms with Gasteiger partial charge in [-0.15, -0.1) is 16.4 Å². The van der Waals surface area contributed by atoms with Crippen LogP contribution < -0.4 is 0 Å². The standard InChI is InChI=1S/C5H3BrN4S/c6-4-1-10(9-8-4)5-2-11-3-7-5/h1-3H. The summed E-state index contributed by atoms with van der Waals surface area (Å²) < 4.78 is 2.33. The van der Waals surface area contributed by atoms with Crippen LogP contribution >= 0.6 is 27.3 Å². The smallest absolute Gasteiger partial charge is 0.165 e. The summed E-state index contributed by atoms with van der Waals surface area (Å²) in [5.74, 6) is 0.799. The predicted molar refractivity (Wildman–Crippen MR) is 44.7 cm³/mol. The lowest BCUT2D eigenvalue weighted by Crippen LogP contribution is -1.93. The molecule has 2 rings (SSSR count). The van der Waals surface area contributed by atoms with Crippen LogP contribution in [0.5, 0.6) is 0 Å². The summed E-state index contributed by atoms with van der Waals surface area (Å²) in [6, 6.07) is 0. The van der Waals surface area contributed by atoms with E-state index < -0.39 is 0 Å². The van der Waals surface area contributed by atoms with E-state index in [0.29, 0.717) is 4.60 Å². The van der Waals surface area contributed by atoms with Gasteiger partial charge in [0, 0.05) is 5.38 Å². The summed E-state index contributed by atoms with van der Waals surface area (Å²) >= 11 is 4.73. The van der Waals surface area contributed by atoms with E-state index in [4.69, 9.17) is 0 Å². The number of rotatable bonds is 1. The third kappa shape index (κ3) is 1.31. The van der Waals surface area contributed by atoms with Crippen molar-refractivity contribution < 1.29 is 0 Å². The molecular weight excluding hydrogens is 228 g/mol. The van der Waals surface area contributed by atoms with Crippen molar-refractivity contribution in [3.05, 3.63) is 21.7 Å².